The quantitative estimate of drug-likeness (QED) is 0.0537. The Morgan fingerprint density at radius 2 is 1.49 bits per heavy atom. The third kappa shape index (κ3) is 12.8. The van der Waals surface area contributed by atoms with Crippen LogP contribution in [0.5, 0.6) is 11.5 Å². The van der Waals surface area contributed by atoms with Crippen LogP contribution in [0.15, 0.2) is 91.0 Å². The molecule has 3 radical (unpaired) electrons. The van der Waals surface area contributed by atoms with Gasteiger partial charge in [0.1, 0.15) is 12.0 Å². The summed E-state index contributed by atoms with van der Waals surface area (Å²) in [6, 6.07) is 22.6. The fourth-order valence-corrected chi connectivity index (χ4v) is 6.05. The number of halogens is 6. The van der Waals surface area contributed by atoms with E-state index in [4.69, 9.17) is 9.47 Å². The minimum atomic E-state index is -5.08. The molecule has 2 amide bonds. The van der Waals surface area contributed by atoms with E-state index in [1.54, 1.807) is 42.5 Å². The van der Waals surface area contributed by atoms with Crippen molar-refractivity contribution in [3.05, 3.63) is 124 Å². The minimum absolute atomic E-state index is 0.0283. The Morgan fingerprint density at radius 3 is 2.09 bits per heavy atom. The van der Waals surface area contributed by atoms with Gasteiger partial charge in [-0.25, -0.2) is 0 Å². The van der Waals surface area contributed by atoms with Gasteiger partial charge in [-0.15, -0.1) is 0 Å². The second-order valence-corrected chi connectivity index (χ2v) is 13.9. The van der Waals surface area contributed by atoms with E-state index in [-0.39, 0.29) is 50.1 Å². The maximum atomic E-state index is 14.1. The Hall–Kier alpha value is -4.53. The number of amides is 2. The molecule has 14 heteroatoms. The summed E-state index contributed by atoms with van der Waals surface area (Å²) in [4.78, 5) is 39.2. The van der Waals surface area contributed by atoms with Crippen LogP contribution in [-0.2, 0) is 52.8 Å². The van der Waals surface area contributed by atoms with Gasteiger partial charge >= 0.3 is 121 Å². The zero-order chi connectivity index (χ0) is 38.6. The Kier molecular flexibility index (Phi) is 14.8. The van der Waals surface area contributed by atoms with Crippen LogP contribution in [-0.4, -0.2) is 59.2 Å². The van der Waals surface area contributed by atoms with Crippen molar-refractivity contribution in [3.8, 4) is 11.5 Å². The average Bonchev–Trinajstić information content (AvgIpc) is 3.12. The van der Waals surface area contributed by atoms with Crippen LogP contribution in [0.1, 0.15) is 52.6 Å². The van der Waals surface area contributed by atoms with Crippen LogP contribution in [0.2, 0.25) is 0 Å². The van der Waals surface area contributed by atoms with Crippen molar-refractivity contribution >= 4 is 44.2 Å². The summed E-state index contributed by atoms with van der Waals surface area (Å²) in [5.41, 5.74) is -1.32. The van der Waals surface area contributed by atoms with Crippen LogP contribution in [0.3, 0.4) is 0 Å². The number of ether oxygens (including phenoxy) is 2. The number of rotatable bonds is 17. The standard InChI is InChI=1S/C39H37F6N2O5.Sn/c1-51-35-23-34(52-18-8-13-36(49)46-24-28-11-6-3-7-12-28)15-14-31(35)26-47(37(50)30(16-17-48)19-27-9-4-2-5-10-27)25-29-20-32(38(40,41)42)22-33(21-29)39(43,44)45;/h2,4-7,9-12,14-15,17,20-23,30H,8,13,16,18-19,24-26H2,1H3,(H,46,49);. The molecular formula is C39H37F6N2O5Sn. The third-order valence-electron chi connectivity index (χ3n) is 8.27. The molecular weight excluding hydrogens is 809 g/mol. The molecule has 0 aliphatic heterocycles. The van der Waals surface area contributed by atoms with Gasteiger partial charge in [-0.2, -0.15) is 26.3 Å². The number of nitrogens with zero attached hydrogens (tertiary/aromatic N) is 1. The molecule has 4 aromatic rings. The van der Waals surface area contributed by atoms with Crippen LogP contribution in [0, 0.1) is 5.92 Å². The zero-order valence-corrected chi connectivity index (χ0v) is 31.6. The summed E-state index contributed by atoms with van der Waals surface area (Å²) in [6.45, 7) is -0.289. The number of carbonyl (C=O) groups excluding carboxylic acids is 3. The predicted octanol–water partition coefficient (Wildman–Crippen LogP) is 6.98. The van der Waals surface area contributed by atoms with Gasteiger partial charge in [-0.05, 0) is 47.9 Å². The van der Waals surface area contributed by atoms with Crippen LogP contribution < -0.4 is 18.4 Å². The number of nitrogens with one attached hydrogen (secondary N) is 1. The number of benzene rings is 4. The second kappa shape index (κ2) is 19.0. The first-order chi connectivity index (χ1) is 25.2. The first-order valence-corrected chi connectivity index (χ1v) is 18.0. The van der Waals surface area contributed by atoms with Gasteiger partial charge in [0.15, 0.2) is 0 Å². The summed E-state index contributed by atoms with van der Waals surface area (Å²) in [7, 11) is 1.36. The minimum Gasteiger partial charge on any atom is -0.334 e. The van der Waals surface area contributed by atoms with Gasteiger partial charge in [0.2, 0.25) is 5.91 Å². The van der Waals surface area contributed by atoms with Gasteiger partial charge in [-0.3, -0.25) is 4.79 Å². The van der Waals surface area contributed by atoms with Crippen molar-refractivity contribution < 1.29 is 50.2 Å². The molecule has 0 fully saturated rings. The summed E-state index contributed by atoms with van der Waals surface area (Å²) in [5, 5.41) is 2.87. The van der Waals surface area contributed by atoms with Crippen molar-refractivity contribution in [2.75, 3.05) is 13.7 Å². The van der Waals surface area contributed by atoms with E-state index >= 15 is 0 Å². The van der Waals surface area contributed by atoms with Crippen molar-refractivity contribution in [1.29, 1.82) is 0 Å². The maximum Gasteiger partial charge on any atom is 0.416 e. The Bertz CT molecular complexity index is 1800. The largest absolute Gasteiger partial charge is 0.416 e. The van der Waals surface area contributed by atoms with Crippen molar-refractivity contribution in [1.82, 2.24) is 10.2 Å². The molecule has 0 bridgehead atoms. The molecule has 0 aliphatic rings. The molecule has 1 atom stereocenters. The first kappa shape index (κ1) is 41.2. The number of hydrogen-bond acceptors (Lipinski definition) is 5. The topological polar surface area (TPSA) is 84.9 Å². The number of alkyl halides is 6. The molecule has 0 aromatic heterocycles. The van der Waals surface area contributed by atoms with E-state index in [1.165, 1.54) is 39.3 Å². The van der Waals surface area contributed by atoms with E-state index in [0.717, 1.165) is 16.0 Å². The van der Waals surface area contributed by atoms with Gasteiger partial charge < -0.3 is 14.4 Å². The summed E-state index contributed by atoms with van der Waals surface area (Å²) < 4.78 is 94.8. The van der Waals surface area contributed by atoms with Crippen molar-refractivity contribution in [3.63, 3.8) is 0 Å². The monoisotopic (exact) mass is 847 g/mol. The fourth-order valence-electron chi connectivity index (χ4n) is 5.57. The zero-order valence-electron chi connectivity index (χ0n) is 28.7. The van der Waals surface area contributed by atoms with Crippen molar-refractivity contribution in [2.45, 2.75) is 57.7 Å². The van der Waals surface area contributed by atoms with E-state index < -0.39 is 47.4 Å². The van der Waals surface area contributed by atoms with Gasteiger partial charge in [0.25, 0.3) is 0 Å². The molecule has 0 saturated carbocycles. The molecule has 53 heavy (non-hydrogen) atoms. The van der Waals surface area contributed by atoms with E-state index in [1.807, 2.05) is 24.3 Å². The van der Waals surface area contributed by atoms with Crippen LogP contribution in [0.25, 0.3) is 0 Å². The third-order valence-corrected chi connectivity index (χ3v) is 9.22. The smallest absolute Gasteiger partial charge is 0.334 e. The predicted molar refractivity (Wildman–Crippen MR) is 186 cm³/mol. The Labute approximate surface area is 316 Å². The Balaban J connectivity index is 1.53. The number of methoxy groups -OCH3 is 1. The molecule has 4 aromatic carbocycles. The molecule has 0 aliphatic carbocycles. The summed E-state index contributed by atoms with van der Waals surface area (Å²) >= 11 is 1.31. The molecule has 0 heterocycles. The van der Waals surface area contributed by atoms with Crippen LogP contribution in [0.4, 0.5) is 26.3 Å². The molecule has 7 nitrogen and oxygen atoms in total. The van der Waals surface area contributed by atoms with Gasteiger partial charge in [-0.1, -0.05) is 30.3 Å². The molecule has 1 unspecified atom stereocenters. The molecule has 279 valence electrons. The SMILES string of the molecule is COc1cc(OCCCC(=O)NCc2cc[c]([Sn])cc2)ccc1CN(Cc1cc(C(F)(F)F)cc(C(F)(F)F)c1)C(=O)C(CC=O)Cc1ccccc1. The van der Waals surface area contributed by atoms with E-state index in [9.17, 15) is 40.7 Å². The number of aldehydes is 1. The normalized spacial score (nSPS) is 12.2. The van der Waals surface area contributed by atoms with Crippen molar-refractivity contribution in [2.24, 2.45) is 5.92 Å². The van der Waals surface area contributed by atoms with Gasteiger partial charge in [0.05, 0.1) is 18.2 Å². The Morgan fingerprint density at radius 1 is 0.830 bits per heavy atom. The number of carbonyl (C=O) groups is 3. The van der Waals surface area contributed by atoms with Crippen LogP contribution >= 0.6 is 0 Å². The van der Waals surface area contributed by atoms with E-state index in [2.05, 4.69) is 5.32 Å². The number of hydrogen-bond donors (Lipinski definition) is 1. The van der Waals surface area contributed by atoms with E-state index in [0.29, 0.717) is 42.7 Å². The first-order valence-electron chi connectivity index (χ1n) is 16.6. The fraction of sp³-hybridized carbons (Fsp3) is 0.308. The maximum absolute atomic E-state index is 14.1. The average molecular weight is 846 g/mol. The molecule has 4 rings (SSSR count). The molecule has 0 saturated heterocycles. The second-order valence-electron chi connectivity index (χ2n) is 12.3. The molecule has 0 spiro atoms. The van der Waals surface area contributed by atoms with Gasteiger partial charge in [0, 0.05) is 37.1 Å². The molecule has 1 N–H and O–H groups in total. The summed E-state index contributed by atoms with van der Waals surface area (Å²) in [5.74, 6) is -1.11. The summed E-state index contributed by atoms with van der Waals surface area (Å²) in [6.07, 6.45) is -9.09.